The molecule has 1 fully saturated rings. The molecule has 2 aromatic carbocycles. The quantitative estimate of drug-likeness (QED) is 0.798. The van der Waals surface area contributed by atoms with Crippen molar-refractivity contribution >= 4 is 15.9 Å². The minimum Gasteiger partial charge on any atom is -0.345 e. The minimum atomic E-state index is -3.54. The molecule has 1 N–H and O–H groups in total. The molecule has 0 radical (unpaired) electrons. The topological polar surface area (TPSA) is 66.5 Å². The predicted octanol–water partition coefficient (Wildman–Crippen LogP) is 3.97. The summed E-state index contributed by atoms with van der Waals surface area (Å²) in [6.45, 7) is 7.20. The van der Waals surface area contributed by atoms with E-state index < -0.39 is 10.0 Å². The fraction of sp³-hybridized carbons (Fsp3) is 0.409. The first-order chi connectivity index (χ1) is 13.3. The average molecular weight is 401 g/mol. The van der Waals surface area contributed by atoms with Gasteiger partial charge in [-0.2, -0.15) is 4.31 Å². The van der Waals surface area contributed by atoms with Crippen LogP contribution in [0, 0.1) is 13.8 Å². The summed E-state index contributed by atoms with van der Waals surface area (Å²) < 4.78 is 27.1. The van der Waals surface area contributed by atoms with Crippen LogP contribution in [0.15, 0.2) is 47.4 Å². The van der Waals surface area contributed by atoms with Crippen LogP contribution in [-0.4, -0.2) is 31.7 Å². The first kappa shape index (κ1) is 20.6. The maximum absolute atomic E-state index is 12.8. The van der Waals surface area contributed by atoms with E-state index in [0.29, 0.717) is 18.7 Å². The third kappa shape index (κ3) is 4.28. The highest BCUT2D eigenvalue weighted by Crippen LogP contribution is 2.24. The van der Waals surface area contributed by atoms with Gasteiger partial charge >= 0.3 is 0 Å². The van der Waals surface area contributed by atoms with Gasteiger partial charge in [0, 0.05) is 18.7 Å². The lowest BCUT2D eigenvalue weighted by Gasteiger charge is -2.20. The number of hydrogen-bond acceptors (Lipinski definition) is 3. The van der Waals surface area contributed by atoms with Gasteiger partial charge in [-0.3, -0.25) is 4.79 Å². The van der Waals surface area contributed by atoms with Crippen molar-refractivity contribution in [1.29, 1.82) is 0 Å². The fourth-order valence-electron chi connectivity index (χ4n) is 3.73. The lowest BCUT2D eigenvalue weighted by atomic mass is 9.97. The average Bonchev–Trinajstić information content (AvgIpc) is 3.22. The molecule has 0 bridgehead atoms. The second kappa shape index (κ2) is 8.45. The van der Waals surface area contributed by atoms with Gasteiger partial charge in [-0.05, 0) is 62.4 Å². The van der Waals surface area contributed by atoms with E-state index in [0.717, 1.165) is 30.4 Å². The number of amides is 1. The zero-order chi connectivity index (χ0) is 20.3. The summed E-state index contributed by atoms with van der Waals surface area (Å²) in [7, 11) is -3.54. The summed E-state index contributed by atoms with van der Waals surface area (Å²) in [4.78, 5) is 13.0. The predicted molar refractivity (Wildman–Crippen MR) is 111 cm³/mol. The number of carbonyl (C=O) groups excluding carboxylic acids is 1. The van der Waals surface area contributed by atoms with E-state index in [2.05, 4.69) is 11.4 Å². The molecule has 0 aromatic heterocycles. The molecule has 28 heavy (non-hydrogen) atoms. The van der Waals surface area contributed by atoms with Crippen LogP contribution >= 0.6 is 0 Å². The lowest BCUT2D eigenvalue weighted by Crippen LogP contribution is -2.30. The molecule has 0 saturated carbocycles. The van der Waals surface area contributed by atoms with E-state index in [-0.39, 0.29) is 16.8 Å². The van der Waals surface area contributed by atoms with Crippen LogP contribution in [0.4, 0.5) is 0 Å². The Morgan fingerprint density at radius 2 is 1.82 bits per heavy atom. The lowest BCUT2D eigenvalue weighted by molar-refractivity contribution is 0.0935. The summed E-state index contributed by atoms with van der Waals surface area (Å²) >= 11 is 0. The maximum Gasteiger partial charge on any atom is 0.251 e. The Kier molecular flexibility index (Phi) is 6.20. The summed E-state index contributed by atoms with van der Waals surface area (Å²) in [5, 5.41) is 3.06. The molecule has 1 atom stereocenters. The Morgan fingerprint density at radius 3 is 2.46 bits per heavy atom. The van der Waals surface area contributed by atoms with E-state index in [1.165, 1.54) is 15.9 Å². The maximum atomic E-state index is 12.8. The van der Waals surface area contributed by atoms with Crippen molar-refractivity contribution in [2.24, 2.45) is 0 Å². The first-order valence-corrected chi connectivity index (χ1v) is 11.2. The van der Waals surface area contributed by atoms with Crippen LogP contribution in [-0.2, 0) is 10.0 Å². The molecule has 2 aromatic rings. The second-order valence-corrected chi connectivity index (χ2v) is 9.37. The normalized spacial score (nSPS) is 16.1. The van der Waals surface area contributed by atoms with Gasteiger partial charge in [0.15, 0.2) is 0 Å². The Labute approximate surface area is 167 Å². The third-order valence-corrected chi connectivity index (χ3v) is 7.21. The van der Waals surface area contributed by atoms with Crippen molar-refractivity contribution in [1.82, 2.24) is 9.62 Å². The monoisotopic (exact) mass is 400 g/mol. The van der Waals surface area contributed by atoms with E-state index in [1.54, 1.807) is 18.2 Å². The van der Waals surface area contributed by atoms with Gasteiger partial charge in [-0.15, -0.1) is 0 Å². The molecular weight excluding hydrogens is 372 g/mol. The molecule has 1 aliphatic heterocycles. The summed E-state index contributed by atoms with van der Waals surface area (Å²) in [5.41, 5.74) is 3.77. The Bertz CT molecular complexity index is 963. The number of nitrogens with zero attached hydrogens (tertiary/aromatic N) is 1. The van der Waals surface area contributed by atoms with Crippen LogP contribution in [0.5, 0.6) is 0 Å². The standard InChI is InChI=1S/C22H28N2O3S/c1-4-21(20-11-10-16(2)14-17(20)3)23-22(25)18-8-7-9-19(15-18)28(26,27)24-12-5-6-13-24/h7-11,14-15,21H,4-6,12-13H2,1-3H3,(H,23,25)/t21-/m0/s1. The van der Waals surface area contributed by atoms with Crippen LogP contribution in [0.25, 0.3) is 0 Å². The van der Waals surface area contributed by atoms with Crippen molar-refractivity contribution in [3.05, 3.63) is 64.7 Å². The van der Waals surface area contributed by atoms with Crippen LogP contribution < -0.4 is 5.32 Å². The van der Waals surface area contributed by atoms with Crippen molar-refractivity contribution in [3.63, 3.8) is 0 Å². The zero-order valence-corrected chi connectivity index (χ0v) is 17.6. The molecule has 0 spiro atoms. The van der Waals surface area contributed by atoms with Gasteiger partial charge in [0.05, 0.1) is 10.9 Å². The zero-order valence-electron chi connectivity index (χ0n) is 16.7. The van der Waals surface area contributed by atoms with E-state index in [1.807, 2.05) is 32.9 Å². The molecule has 0 aliphatic carbocycles. The number of aryl methyl sites for hydroxylation is 2. The van der Waals surface area contributed by atoms with E-state index in [9.17, 15) is 13.2 Å². The number of benzene rings is 2. The number of sulfonamides is 1. The van der Waals surface area contributed by atoms with Gasteiger partial charge in [-0.1, -0.05) is 36.8 Å². The van der Waals surface area contributed by atoms with Gasteiger partial charge < -0.3 is 5.32 Å². The van der Waals surface area contributed by atoms with Gasteiger partial charge in [0.2, 0.25) is 10.0 Å². The Hall–Kier alpha value is -2.18. The number of carbonyl (C=O) groups is 1. The number of hydrogen-bond donors (Lipinski definition) is 1. The van der Waals surface area contributed by atoms with E-state index in [4.69, 9.17) is 0 Å². The molecule has 1 amide bonds. The van der Waals surface area contributed by atoms with Gasteiger partial charge in [0.25, 0.3) is 5.91 Å². The highest BCUT2D eigenvalue weighted by Gasteiger charge is 2.27. The molecule has 1 aliphatic rings. The van der Waals surface area contributed by atoms with Crippen molar-refractivity contribution in [2.45, 2.75) is 51.0 Å². The summed E-state index contributed by atoms with van der Waals surface area (Å²) in [6, 6.07) is 12.4. The smallest absolute Gasteiger partial charge is 0.251 e. The molecule has 3 rings (SSSR count). The van der Waals surface area contributed by atoms with Crippen LogP contribution in [0.3, 0.4) is 0 Å². The van der Waals surface area contributed by atoms with E-state index >= 15 is 0 Å². The first-order valence-electron chi connectivity index (χ1n) is 9.81. The second-order valence-electron chi connectivity index (χ2n) is 7.43. The molecule has 0 unspecified atom stereocenters. The molecule has 150 valence electrons. The van der Waals surface area contributed by atoms with Crippen molar-refractivity contribution < 1.29 is 13.2 Å². The van der Waals surface area contributed by atoms with Crippen LogP contribution in [0.1, 0.15) is 59.3 Å². The number of nitrogens with one attached hydrogen (secondary N) is 1. The SMILES string of the molecule is CC[C@H](NC(=O)c1cccc(S(=O)(=O)N2CCCC2)c1)c1ccc(C)cc1C. The third-order valence-electron chi connectivity index (χ3n) is 5.31. The Balaban J connectivity index is 1.82. The Morgan fingerprint density at radius 1 is 1.11 bits per heavy atom. The molecule has 1 heterocycles. The molecule has 1 saturated heterocycles. The molecular formula is C22H28N2O3S. The summed E-state index contributed by atoms with van der Waals surface area (Å²) in [5.74, 6) is -0.259. The van der Waals surface area contributed by atoms with Crippen LogP contribution in [0.2, 0.25) is 0 Å². The minimum absolute atomic E-state index is 0.119. The molecule has 6 heteroatoms. The fourth-order valence-corrected chi connectivity index (χ4v) is 5.30. The molecule has 5 nitrogen and oxygen atoms in total. The summed E-state index contributed by atoms with van der Waals surface area (Å²) in [6.07, 6.45) is 2.52. The van der Waals surface area contributed by atoms with Crippen molar-refractivity contribution in [2.75, 3.05) is 13.1 Å². The highest BCUT2D eigenvalue weighted by molar-refractivity contribution is 7.89. The van der Waals surface area contributed by atoms with Crippen molar-refractivity contribution in [3.8, 4) is 0 Å². The number of rotatable bonds is 6. The highest BCUT2D eigenvalue weighted by atomic mass is 32.2. The van der Waals surface area contributed by atoms with Gasteiger partial charge in [-0.25, -0.2) is 8.42 Å². The van der Waals surface area contributed by atoms with Gasteiger partial charge in [0.1, 0.15) is 0 Å². The largest absolute Gasteiger partial charge is 0.345 e.